The molecule has 0 aliphatic carbocycles. The maximum atomic E-state index is 11.9. The number of rotatable bonds is 1. The van der Waals surface area contributed by atoms with E-state index in [0.29, 0.717) is 11.5 Å². The van der Waals surface area contributed by atoms with Crippen molar-refractivity contribution >= 4 is 17.5 Å². The third-order valence-corrected chi connectivity index (χ3v) is 3.50. The first-order valence-corrected chi connectivity index (χ1v) is 5.57. The third-order valence-electron chi connectivity index (χ3n) is 2.86. The largest absolute Gasteiger partial charge is 0.472 e. The Labute approximate surface area is 94.0 Å². The van der Waals surface area contributed by atoms with Crippen molar-refractivity contribution in [2.75, 3.05) is 13.1 Å². The second-order valence-electron chi connectivity index (χ2n) is 4.05. The maximum absolute atomic E-state index is 11.9. The fraction of sp³-hybridized carbons (Fsp3) is 0.545. The summed E-state index contributed by atoms with van der Waals surface area (Å²) in [6.07, 6.45) is 3.87. The van der Waals surface area contributed by atoms with E-state index in [-0.39, 0.29) is 11.3 Å². The van der Waals surface area contributed by atoms with Crippen molar-refractivity contribution < 1.29 is 9.21 Å². The molecule has 2 unspecified atom stereocenters. The first kappa shape index (κ1) is 10.6. The molecule has 1 aromatic heterocycles. The van der Waals surface area contributed by atoms with Crippen LogP contribution in [0.25, 0.3) is 0 Å². The molecule has 15 heavy (non-hydrogen) atoms. The van der Waals surface area contributed by atoms with Gasteiger partial charge in [0, 0.05) is 18.5 Å². The Bertz CT molecular complexity index is 336. The molecule has 0 spiro atoms. The van der Waals surface area contributed by atoms with Gasteiger partial charge in [-0.05, 0) is 18.4 Å². The number of carbonyl (C=O) groups is 1. The van der Waals surface area contributed by atoms with E-state index in [4.69, 9.17) is 16.0 Å². The van der Waals surface area contributed by atoms with E-state index in [2.05, 4.69) is 6.92 Å². The average molecular weight is 228 g/mol. The number of halogens is 1. The van der Waals surface area contributed by atoms with Crippen LogP contribution in [-0.4, -0.2) is 29.3 Å². The van der Waals surface area contributed by atoms with Gasteiger partial charge < -0.3 is 9.32 Å². The van der Waals surface area contributed by atoms with E-state index in [9.17, 15) is 4.79 Å². The van der Waals surface area contributed by atoms with Gasteiger partial charge in [-0.3, -0.25) is 4.79 Å². The molecule has 0 bridgehead atoms. The lowest BCUT2D eigenvalue weighted by Gasteiger charge is -2.33. The summed E-state index contributed by atoms with van der Waals surface area (Å²) in [7, 11) is 0. The zero-order chi connectivity index (χ0) is 10.8. The van der Waals surface area contributed by atoms with Gasteiger partial charge >= 0.3 is 0 Å². The number of alkyl halides is 1. The van der Waals surface area contributed by atoms with Crippen LogP contribution in [-0.2, 0) is 0 Å². The van der Waals surface area contributed by atoms with Gasteiger partial charge in [0.05, 0.1) is 11.8 Å². The minimum absolute atomic E-state index is 0.0409. The number of piperidine rings is 1. The van der Waals surface area contributed by atoms with Gasteiger partial charge in [0.1, 0.15) is 6.26 Å². The highest BCUT2D eigenvalue weighted by Crippen LogP contribution is 2.22. The van der Waals surface area contributed by atoms with Crippen LogP contribution in [0.5, 0.6) is 0 Å². The Morgan fingerprint density at radius 1 is 1.67 bits per heavy atom. The average Bonchev–Trinajstić information content (AvgIpc) is 2.74. The van der Waals surface area contributed by atoms with Gasteiger partial charge in [-0.2, -0.15) is 0 Å². The molecule has 1 aliphatic heterocycles. The highest BCUT2D eigenvalue weighted by molar-refractivity contribution is 6.20. The van der Waals surface area contributed by atoms with Crippen LogP contribution in [0.3, 0.4) is 0 Å². The quantitative estimate of drug-likeness (QED) is 0.691. The van der Waals surface area contributed by atoms with E-state index in [1.54, 1.807) is 6.07 Å². The van der Waals surface area contributed by atoms with Gasteiger partial charge in [0.25, 0.3) is 5.91 Å². The molecule has 0 aromatic carbocycles. The van der Waals surface area contributed by atoms with Crippen LogP contribution < -0.4 is 0 Å². The number of amides is 1. The number of hydrogen-bond acceptors (Lipinski definition) is 2. The van der Waals surface area contributed by atoms with Crippen molar-refractivity contribution in [1.82, 2.24) is 4.90 Å². The van der Waals surface area contributed by atoms with Crippen molar-refractivity contribution in [3.05, 3.63) is 24.2 Å². The second-order valence-corrected chi connectivity index (χ2v) is 4.61. The highest BCUT2D eigenvalue weighted by Gasteiger charge is 2.27. The summed E-state index contributed by atoms with van der Waals surface area (Å²) in [4.78, 5) is 13.8. The van der Waals surface area contributed by atoms with E-state index >= 15 is 0 Å². The van der Waals surface area contributed by atoms with Crippen molar-refractivity contribution in [1.29, 1.82) is 0 Å². The van der Waals surface area contributed by atoms with Crippen LogP contribution in [0.4, 0.5) is 0 Å². The molecule has 1 aromatic rings. The summed E-state index contributed by atoms with van der Waals surface area (Å²) in [6.45, 7) is 3.55. The smallest absolute Gasteiger partial charge is 0.257 e. The second kappa shape index (κ2) is 4.27. The van der Waals surface area contributed by atoms with Crippen LogP contribution in [0, 0.1) is 5.92 Å². The molecule has 0 saturated carbocycles. The lowest BCUT2D eigenvalue weighted by Crippen LogP contribution is -2.43. The minimum atomic E-state index is 0.0409. The lowest BCUT2D eigenvalue weighted by atomic mass is 9.99. The molecule has 4 heteroatoms. The Morgan fingerprint density at radius 3 is 3.07 bits per heavy atom. The van der Waals surface area contributed by atoms with Gasteiger partial charge in [0.15, 0.2) is 0 Å². The van der Waals surface area contributed by atoms with Crippen molar-refractivity contribution in [3.63, 3.8) is 0 Å². The topological polar surface area (TPSA) is 33.5 Å². The highest BCUT2D eigenvalue weighted by atomic mass is 35.5. The Morgan fingerprint density at radius 2 is 2.47 bits per heavy atom. The molecule has 0 N–H and O–H groups in total. The third kappa shape index (κ3) is 2.17. The first-order chi connectivity index (χ1) is 7.18. The molecule has 1 aliphatic rings. The minimum Gasteiger partial charge on any atom is -0.472 e. The molecule has 1 fully saturated rings. The Hall–Kier alpha value is -0.960. The van der Waals surface area contributed by atoms with Crippen molar-refractivity contribution in [2.45, 2.75) is 18.7 Å². The van der Waals surface area contributed by atoms with Crippen molar-refractivity contribution in [2.24, 2.45) is 5.92 Å². The summed E-state index contributed by atoms with van der Waals surface area (Å²) in [5.74, 6) is 0.399. The summed E-state index contributed by atoms with van der Waals surface area (Å²) >= 11 is 6.11. The zero-order valence-corrected chi connectivity index (χ0v) is 9.41. The van der Waals surface area contributed by atoms with Gasteiger partial charge in [-0.25, -0.2) is 0 Å². The fourth-order valence-electron chi connectivity index (χ4n) is 1.87. The van der Waals surface area contributed by atoms with Gasteiger partial charge in [-0.15, -0.1) is 11.6 Å². The summed E-state index contributed by atoms with van der Waals surface area (Å²) in [6, 6.07) is 1.69. The van der Waals surface area contributed by atoms with E-state index in [1.807, 2.05) is 4.90 Å². The number of carbonyl (C=O) groups excluding carboxylic acids is 1. The fourth-order valence-corrected chi connectivity index (χ4v) is 2.05. The number of likely N-dealkylation sites (tertiary alicyclic amines) is 1. The zero-order valence-electron chi connectivity index (χ0n) is 8.65. The van der Waals surface area contributed by atoms with Gasteiger partial charge in [-0.1, -0.05) is 6.92 Å². The molecule has 82 valence electrons. The maximum Gasteiger partial charge on any atom is 0.257 e. The standard InChI is InChI=1S/C11H14ClNO2/c1-8-6-13(4-2-10(8)12)11(14)9-3-5-15-7-9/h3,5,7-8,10H,2,4,6H2,1H3. The van der Waals surface area contributed by atoms with E-state index in [1.165, 1.54) is 12.5 Å². The molecular formula is C11H14ClNO2. The molecule has 0 radical (unpaired) electrons. The Balaban J connectivity index is 2.03. The normalized spacial score (nSPS) is 26.7. The van der Waals surface area contributed by atoms with Crippen LogP contribution in [0.15, 0.2) is 23.0 Å². The van der Waals surface area contributed by atoms with Crippen LogP contribution in [0.1, 0.15) is 23.7 Å². The summed E-state index contributed by atoms with van der Waals surface area (Å²) in [5, 5.41) is 0.193. The monoisotopic (exact) mass is 227 g/mol. The van der Waals surface area contributed by atoms with Gasteiger partial charge in [0.2, 0.25) is 0 Å². The predicted molar refractivity (Wildman–Crippen MR) is 58.0 cm³/mol. The number of nitrogens with zero attached hydrogens (tertiary/aromatic N) is 1. The molecule has 1 amide bonds. The SMILES string of the molecule is CC1CN(C(=O)c2ccoc2)CCC1Cl. The predicted octanol–water partition coefficient (Wildman–Crippen LogP) is 2.37. The number of furan rings is 1. The molecule has 2 rings (SSSR count). The molecule has 1 saturated heterocycles. The molecular weight excluding hydrogens is 214 g/mol. The lowest BCUT2D eigenvalue weighted by molar-refractivity contribution is 0.0686. The molecule has 3 nitrogen and oxygen atoms in total. The first-order valence-electron chi connectivity index (χ1n) is 5.14. The van der Waals surface area contributed by atoms with E-state index < -0.39 is 0 Å². The van der Waals surface area contributed by atoms with Crippen molar-refractivity contribution in [3.8, 4) is 0 Å². The Kier molecular flexibility index (Phi) is 3.00. The van der Waals surface area contributed by atoms with Crippen LogP contribution >= 0.6 is 11.6 Å². The van der Waals surface area contributed by atoms with E-state index in [0.717, 1.165) is 19.5 Å². The number of hydrogen-bond donors (Lipinski definition) is 0. The molecule has 2 atom stereocenters. The summed E-state index contributed by atoms with van der Waals surface area (Å²) < 4.78 is 4.90. The summed E-state index contributed by atoms with van der Waals surface area (Å²) in [5.41, 5.74) is 0.621. The van der Waals surface area contributed by atoms with Crippen LogP contribution in [0.2, 0.25) is 0 Å². The molecule has 2 heterocycles.